The van der Waals surface area contributed by atoms with Crippen LogP contribution in [0.15, 0.2) is 78.4 Å². The number of rotatable bonds is 6. The van der Waals surface area contributed by atoms with Crippen molar-refractivity contribution in [2.75, 3.05) is 0 Å². The molecule has 0 N–H and O–H groups in total. The van der Waals surface area contributed by atoms with Crippen LogP contribution < -0.4 is 0 Å². The largest absolute Gasteiger partial charge is 0.417 e. The highest BCUT2D eigenvalue weighted by Gasteiger charge is 2.35. The Labute approximate surface area is 212 Å². The van der Waals surface area contributed by atoms with Crippen LogP contribution in [0, 0.1) is 12.7 Å². The molecule has 0 aromatic heterocycles. The zero-order valence-corrected chi connectivity index (χ0v) is 21.8. The molecule has 4 heteroatoms. The molecular formula is C32H34F4. The van der Waals surface area contributed by atoms with Crippen molar-refractivity contribution in [3.63, 3.8) is 0 Å². The third-order valence-electron chi connectivity index (χ3n) is 5.78. The minimum absolute atomic E-state index is 0.00136. The summed E-state index contributed by atoms with van der Waals surface area (Å²) in [4.78, 5) is 0. The molecule has 3 aromatic carbocycles. The molecule has 3 rings (SSSR count). The molecule has 0 atom stereocenters. The second-order valence-corrected chi connectivity index (χ2v) is 8.20. The topological polar surface area (TPSA) is 0 Å². The molecule has 0 unspecified atom stereocenters. The summed E-state index contributed by atoms with van der Waals surface area (Å²) in [5.74, 6) is -0.907. The Morgan fingerprint density at radius 3 is 2.11 bits per heavy atom. The maximum Gasteiger partial charge on any atom is 0.417 e. The molecule has 0 heterocycles. The fourth-order valence-corrected chi connectivity index (χ4v) is 4.16. The standard InChI is InChI=1S/C30H28F4.C2H6/c1-5-9-22-12-14-23(15-13-22)29(21(4)18-24-11-8-7-10-20(24)3)26(6-2)27-17-16-25(31)19-28(27)30(32,33)34;1-2/h5,7-19H,6H2,1-4H3;1-2H3/b9-5+,21-18+,29-26-;. The first-order valence-corrected chi connectivity index (χ1v) is 12.2. The normalized spacial score (nSPS) is 12.8. The van der Waals surface area contributed by atoms with Crippen molar-refractivity contribution in [1.29, 1.82) is 0 Å². The molecule has 36 heavy (non-hydrogen) atoms. The third kappa shape index (κ3) is 7.07. The van der Waals surface area contributed by atoms with Gasteiger partial charge in [-0.25, -0.2) is 4.39 Å². The van der Waals surface area contributed by atoms with Crippen LogP contribution in [0.1, 0.15) is 74.4 Å². The van der Waals surface area contributed by atoms with Crippen molar-refractivity contribution < 1.29 is 17.6 Å². The second-order valence-electron chi connectivity index (χ2n) is 8.20. The predicted molar refractivity (Wildman–Crippen MR) is 146 cm³/mol. The molecular weight excluding hydrogens is 460 g/mol. The molecule has 0 nitrogen and oxygen atoms in total. The van der Waals surface area contributed by atoms with Gasteiger partial charge in [-0.15, -0.1) is 0 Å². The Hall–Kier alpha value is -3.40. The number of benzene rings is 3. The summed E-state index contributed by atoms with van der Waals surface area (Å²) >= 11 is 0. The van der Waals surface area contributed by atoms with Crippen molar-refractivity contribution >= 4 is 23.3 Å². The average Bonchev–Trinajstić information content (AvgIpc) is 2.85. The third-order valence-corrected chi connectivity index (χ3v) is 5.78. The van der Waals surface area contributed by atoms with Gasteiger partial charge in [-0.3, -0.25) is 0 Å². The van der Waals surface area contributed by atoms with Crippen LogP contribution in [0.25, 0.3) is 23.3 Å². The van der Waals surface area contributed by atoms with E-state index in [4.69, 9.17) is 0 Å². The highest BCUT2D eigenvalue weighted by molar-refractivity contribution is 6.01. The zero-order chi connectivity index (χ0) is 26.9. The maximum absolute atomic E-state index is 13.9. The molecule has 0 radical (unpaired) electrons. The van der Waals surface area contributed by atoms with E-state index in [2.05, 4.69) is 0 Å². The van der Waals surface area contributed by atoms with Crippen LogP contribution in [0.2, 0.25) is 0 Å². The number of aryl methyl sites for hydroxylation is 1. The average molecular weight is 495 g/mol. The van der Waals surface area contributed by atoms with E-state index in [9.17, 15) is 17.6 Å². The van der Waals surface area contributed by atoms with E-state index in [1.807, 2.05) is 108 Å². The summed E-state index contributed by atoms with van der Waals surface area (Å²) < 4.78 is 55.6. The van der Waals surface area contributed by atoms with Crippen LogP contribution >= 0.6 is 0 Å². The number of halogens is 4. The Morgan fingerprint density at radius 2 is 1.56 bits per heavy atom. The van der Waals surface area contributed by atoms with Gasteiger partial charge in [0.15, 0.2) is 0 Å². The van der Waals surface area contributed by atoms with Crippen LogP contribution in [0.3, 0.4) is 0 Å². The first-order valence-electron chi connectivity index (χ1n) is 12.2. The van der Waals surface area contributed by atoms with Gasteiger partial charge in [-0.2, -0.15) is 13.2 Å². The van der Waals surface area contributed by atoms with Crippen molar-refractivity contribution in [2.45, 2.75) is 54.1 Å². The van der Waals surface area contributed by atoms with Crippen molar-refractivity contribution in [2.24, 2.45) is 0 Å². The minimum atomic E-state index is -4.67. The Balaban J connectivity index is 0.00000222. The summed E-state index contributed by atoms with van der Waals surface area (Å²) in [6, 6.07) is 18.5. The molecule has 0 saturated heterocycles. The summed E-state index contributed by atoms with van der Waals surface area (Å²) in [7, 11) is 0. The quantitative estimate of drug-likeness (QED) is 0.182. The molecule has 0 aliphatic carbocycles. The predicted octanol–water partition coefficient (Wildman–Crippen LogP) is 10.6. The van der Waals surface area contributed by atoms with Gasteiger partial charge in [0, 0.05) is 0 Å². The van der Waals surface area contributed by atoms with E-state index in [0.717, 1.165) is 39.5 Å². The molecule has 0 spiro atoms. The zero-order valence-electron chi connectivity index (χ0n) is 21.8. The highest BCUT2D eigenvalue weighted by Crippen LogP contribution is 2.41. The summed E-state index contributed by atoms with van der Waals surface area (Å²) in [5, 5.41) is 0. The lowest BCUT2D eigenvalue weighted by molar-refractivity contribution is -0.138. The van der Waals surface area contributed by atoms with Gasteiger partial charge >= 0.3 is 6.18 Å². The van der Waals surface area contributed by atoms with Gasteiger partial charge in [-0.05, 0) is 83.9 Å². The number of alkyl halides is 3. The fourth-order valence-electron chi connectivity index (χ4n) is 4.16. The number of hydrogen-bond acceptors (Lipinski definition) is 0. The van der Waals surface area contributed by atoms with E-state index < -0.39 is 17.6 Å². The fraction of sp³-hybridized carbons (Fsp3) is 0.250. The first kappa shape index (κ1) is 28.8. The summed E-state index contributed by atoms with van der Waals surface area (Å²) in [6.07, 6.45) is 1.56. The first-order chi connectivity index (χ1) is 17.2. The van der Waals surface area contributed by atoms with Crippen LogP contribution in [-0.4, -0.2) is 0 Å². The van der Waals surface area contributed by atoms with Crippen molar-refractivity contribution in [1.82, 2.24) is 0 Å². The van der Waals surface area contributed by atoms with Crippen LogP contribution in [0.5, 0.6) is 0 Å². The molecule has 0 bridgehead atoms. The lowest BCUT2D eigenvalue weighted by atomic mass is 9.85. The number of hydrogen-bond donors (Lipinski definition) is 0. The summed E-state index contributed by atoms with van der Waals surface area (Å²) in [5.41, 5.74) is 4.99. The molecule has 0 aliphatic rings. The number of allylic oxidation sites excluding steroid dienone is 4. The van der Waals surface area contributed by atoms with E-state index in [1.165, 1.54) is 6.07 Å². The lowest BCUT2D eigenvalue weighted by Crippen LogP contribution is -2.10. The Bertz CT molecular complexity index is 1240. The maximum atomic E-state index is 13.9. The van der Waals surface area contributed by atoms with Gasteiger partial charge in [0.05, 0.1) is 5.56 Å². The van der Waals surface area contributed by atoms with Gasteiger partial charge < -0.3 is 0 Å². The monoisotopic (exact) mass is 494 g/mol. The Kier molecular flexibility index (Phi) is 10.5. The smallest absolute Gasteiger partial charge is 0.207 e. The second kappa shape index (κ2) is 13.1. The highest BCUT2D eigenvalue weighted by atomic mass is 19.4. The van der Waals surface area contributed by atoms with Gasteiger partial charge in [0.25, 0.3) is 0 Å². The Morgan fingerprint density at radius 1 is 0.917 bits per heavy atom. The molecule has 0 aliphatic heterocycles. The van der Waals surface area contributed by atoms with Crippen molar-refractivity contribution in [3.8, 4) is 0 Å². The SMILES string of the molecule is C/C=C/c1ccc(C(=C(/CC)c2ccc(F)cc2C(F)(F)F)/C(C)=C/c2ccccc2C)cc1.CC. The summed E-state index contributed by atoms with van der Waals surface area (Å²) in [6.45, 7) is 11.7. The van der Waals surface area contributed by atoms with E-state index in [-0.39, 0.29) is 5.56 Å². The van der Waals surface area contributed by atoms with E-state index in [0.29, 0.717) is 18.1 Å². The molecule has 3 aromatic rings. The van der Waals surface area contributed by atoms with Gasteiger partial charge in [0.1, 0.15) is 5.82 Å². The minimum Gasteiger partial charge on any atom is -0.207 e. The van der Waals surface area contributed by atoms with E-state index >= 15 is 0 Å². The molecule has 0 saturated carbocycles. The molecule has 0 amide bonds. The lowest BCUT2D eigenvalue weighted by Gasteiger charge is -2.21. The van der Waals surface area contributed by atoms with Gasteiger partial charge in [-0.1, -0.05) is 93.6 Å². The van der Waals surface area contributed by atoms with Crippen LogP contribution in [-0.2, 0) is 6.18 Å². The van der Waals surface area contributed by atoms with Crippen LogP contribution in [0.4, 0.5) is 17.6 Å². The van der Waals surface area contributed by atoms with E-state index in [1.54, 1.807) is 0 Å². The molecule has 0 fully saturated rings. The van der Waals surface area contributed by atoms with Crippen molar-refractivity contribution in [3.05, 3.63) is 118 Å². The molecule has 190 valence electrons. The van der Waals surface area contributed by atoms with Gasteiger partial charge in [0.2, 0.25) is 0 Å².